The molecule has 0 aromatic heterocycles. The Morgan fingerprint density at radius 1 is 1.25 bits per heavy atom. The van der Waals surface area contributed by atoms with E-state index >= 15 is 0 Å². The van der Waals surface area contributed by atoms with Gasteiger partial charge in [0.1, 0.15) is 12.4 Å². The maximum absolute atomic E-state index is 11.4. The fraction of sp³-hybridized carbons (Fsp3) is 0.385. The number of carbonyl (C=O) groups excluding carboxylic acids is 2. The predicted octanol–water partition coefficient (Wildman–Crippen LogP) is 2.25. The molecule has 16 heavy (non-hydrogen) atoms. The number of rotatable bonds is 5. The lowest BCUT2D eigenvalue weighted by Gasteiger charge is -2.05. The predicted molar refractivity (Wildman–Crippen MR) is 59.7 cm³/mol. The van der Waals surface area contributed by atoms with Crippen LogP contribution < -0.4 is 4.74 Å². The van der Waals surface area contributed by atoms with Crippen molar-refractivity contribution in [2.24, 2.45) is 5.92 Å². The summed E-state index contributed by atoms with van der Waals surface area (Å²) in [6.45, 7) is 1.66. The number of carbonyl (C=O) groups is 2. The first-order valence-corrected chi connectivity index (χ1v) is 5.43. The first-order chi connectivity index (χ1) is 7.66. The van der Waals surface area contributed by atoms with E-state index in [4.69, 9.17) is 4.74 Å². The van der Waals surface area contributed by atoms with Gasteiger partial charge in [0.05, 0.1) is 0 Å². The molecule has 1 aliphatic rings. The lowest BCUT2D eigenvalue weighted by atomic mass is 10.1. The number of Topliss-reactive ketones (excluding diaryl/α,β-unsaturated/α-hetero) is 2. The second kappa shape index (κ2) is 4.47. The summed E-state index contributed by atoms with van der Waals surface area (Å²) in [6.07, 6.45) is 2.01. The van der Waals surface area contributed by atoms with Gasteiger partial charge in [0.15, 0.2) is 11.6 Å². The van der Waals surface area contributed by atoms with Crippen LogP contribution >= 0.6 is 0 Å². The molecule has 0 saturated heterocycles. The van der Waals surface area contributed by atoms with E-state index in [1.165, 1.54) is 6.92 Å². The highest BCUT2D eigenvalue weighted by molar-refractivity contribution is 5.94. The van der Waals surface area contributed by atoms with E-state index in [0.717, 1.165) is 12.8 Å². The number of ether oxygens (including phenoxy) is 1. The van der Waals surface area contributed by atoms with Crippen LogP contribution in [0.4, 0.5) is 0 Å². The van der Waals surface area contributed by atoms with E-state index < -0.39 is 0 Å². The minimum Gasteiger partial charge on any atom is -0.486 e. The van der Waals surface area contributed by atoms with Gasteiger partial charge < -0.3 is 4.74 Å². The summed E-state index contributed by atoms with van der Waals surface area (Å²) in [5, 5.41) is 0. The molecule has 0 aliphatic heterocycles. The van der Waals surface area contributed by atoms with Crippen LogP contribution in [0.2, 0.25) is 0 Å². The van der Waals surface area contributed by atoms with Crippen molar-refractivity contribution in [2.75, 3.05) is 6.61 Å². The molecule has 1 fully saturated rings. The van der Waals surface area contributed by atoms with E-state index in [0.29, 0.717) is 11.3 Å². The molecule has 1 saturated carbocycles. The van der Waals surface area contributed by atoms with Crippen LogP contribution in [0.1, 0.15) is 30.1 Å². The van der Waals surface area contributed by atoms with Gasteiger partial charge in [-0.2, -0.15) is 0 Å². The molecule has 1 aromatic carbocycles. The molecular weight excluding hydrogens is 204 g/mol. The molecule has 1 aliphatic carbocycles. The third-order valence-electron chi connectivity index (χ3n) is 2.67. The third-order valence-corrected chi connectivity index (χ3v) is 2.67. The lowest BCUT2D eigenvalue weighted by Crippen LogP contribution is -2.12. The van der Waals surface area contributed by atoms with Crippen LogP contribution in [0.5, 0.6) is 5.75 Å². The Labute approximate surface area is 94.4 Å². The molecule has 0 unspecified atom stereocenters. The maximum atomic E-state index is 11.4. The Morgan fingerprint density at radius 3 is 2.38 bits per heavy atom. The second-order valence-electron chi connectivity index (χ2n) is 4.11. The fourth-order valence-corrected chi connectivity index (χ4v) is 1.46. The van der Waals surface area contributed by atoms with Gasteiger partial charge in [0.2, 0.25) is 0 Å². The first-order valence-electron chi connectivity index (χ1n) is 5.43. The van der Waals surface area contributed by atoms with Crippen molar-refractivity contribution < 1.29 is 14.3 Å². The summed E-state index contributed by atoms with van der Waals surface area (Å²) < 4.78 is 5.34. The van der Waals surface area contributed by atoms with Crippen LogP contribution in [0, 0.1) is 5.92 Å². The summed E-state index contributed by atoms with van der Waals surface area (Å²) in [7, 11) is 0. The smallest absolute Gasteiger partial charge is 0.173 e. The molecule has 2 rings (SSSR count). The summed E-state index contributed by atoms with van der Waals surface area (Å²) in [5.41, 5.74) is 0.654. The summed E-state index contributed by atoms with van der Waals surface area (Å²) in [5.74, 6) is 1.08. The van der Waals surface area contributed by atoms with Crippen LogP contribution in [0.25, 0.3) is 0 Å². The second-order valence-corrected chi connectivity index (χ2v) is 4.11. The molecule has 3 nitrogen and oxygen atoms in total. The third kappa shape index (κ3) is 2.69. The fourth-order valence-electron chi connectivity index (χ4n) is 1.46. The van der Waals surface area contributed by atoms with Gasteiger partial charge in [0.25, 0.3) is 0 Å². The van der Waals surface area contributed by atoms with E-state index in [1.807, 2.05) is 0 Å². The molecule has 84 valence electrons. The zero-order valence-electron chi connectivity index (χ0n) is 9.23. The molecule has 0 amide bonds. The maximum Gasteiger partial charge on any atom is 0.173 e. The molecular formula is C13H14O3. The zero-order valence-corrected chi connectivity index (χ0v) is 9.23. The summed E-state index contributed by atoms with van der Waals surface area (Å²) in [4.78, 5) is 22.4. The highest BCUT2D eigenvalue weighted by Crippen LogP contribution is 2.29. The van der Waals surface area contributed by atoms with Gasteiger partial charge in [0, 0.05) is 11.5 Å². The average Bonchev–Trinajstić information content (AvgIpc) is 3.10. The number of hydrogen-bond acceptors (Lipinski definition) is 3. The number of hydrogen-bond donors (Lipinski definition) is 0. The summed E-state index contributed by atoms with van der Waals surface area (Å²) >= 11 is 0. The van der Waals surface area contributed by atoms with Crippen molar-refractivity contribution in [1.29, 1.82) is 0 Å². The Kier molecular flexibility index (Phi) is 3.04. The van der Waals surface area contributed by atoms with Crippen molar-refractivity contribution in [3.8, 4) is 5.75 Å². The number of ketones is 2. The quantitative estimate of drug-likeness (QED) is 0.712. The zero-order chi connectivity index (χ0) is 11.5. The van der Waals surface area contributed by atoms with Crippen LogP contribution in [0.3, 0.4) is 0 Å². The van der Waals surface area contributed by atoms with Gasteiger partial charge in [-0.25, -0.2) is 0 Å². The molecule has 0 N–H and O–H groups in total. The first kappa shape index (κ1) is 10.9. The minimum absolute atomic E-state index is 0.0283. The number of benzene rings is 1. The Bertz CT molecular complexity index is 402. The minimum atomic E-state index is 0.0283. The van der Waals surface area contributed by atoms with Gasteiger partial charge >= 0.3 is 0 Å². The molecule has 1 aromatic rings. The van der Waals surface area contributed by atoms with E-state index in [2.05, 4.69) is 0 Å². The molecule has 0 radical (unpaired) electrons. The average molecular weight is 218 g/mol. The van der Waals surface area contributed by atoms with E-state index in [9.17, 15) is 9.59 Å². The SMILES string of the molecule is CC(=O)c1ccc(OCC(=O)C2CC2)cc1. The normalized spacial score (nSPS) is 14.6. The van der Waals surface area contributed by atoms with Crippen molar-refractivity contribution in [1.82, 2.24) is 0 Å². The Balaban J connectivity index is 1.89. The summed E-state index contributed by atoms with van der Waals surface area (Å²) in [6, 6.07) is 6.85. The highest BCUT2D eigenvalue weighted by Gasteiger charge is 2.29. The molecule has 0 bridgehead atoms. The van der Waals surface area contributed by atoms with Crippen molar-refractivity contribution in [3.05, 3.63) is 29.8 Å². The highest BCUT2D eigenvalue weighted by atomic mass is 16.5. The topological polar surface area (TPSA) is 43.4 Å². The Hall–Kier alpha value is -1.64. The van der Waals surface area contributed by atoms with E-state index in [1.54, 1.807) is 24.3 Å². The van der Waals surface area contributed by atoms with Crippen LogP contribution in [0.15, 0.2) is 24.3 Å². The van der Waals surface area contributed by atoms with Gasteiger partial charge in [-0.3, -0.25) is 9.59 Å². The molecule has 0 atom stereocenters. The molecule has 0 spiro atoms. The van der Waals surface area contributed by atoms with Crippen LogP contribution in [-0.4, -0.2) is 18.2 Å². The lowest BCUT2D eigenvalue weighted by molar-refractivity contribution is -0.122. The van der Waals surface area contributed by atoms with Crippen molar-refractivity contribution in [2.45, 2.75) is 19.8 Å². The Morgan fingerprint density at radius 2 is 1.88 bits per heavy atom. The van der Waals surface area contributed by atoms with Crippen molar-refractivity contribution in [3.63, 3.8) is 0 Å². The van der Waals surface area contributed by atoms with E-state index in [-0.39, 0.29) is 24.1 Å². The monoisotopic (exact) mass is 218 g/mol. The largest absolute Gasteiger partial charge is 0.486 e. The standard InChI is InChI=1S/C13H14O3/c1-9(14)10-4-6-12(7-5-10)16-8-13(15)11-2-3-11/h4-7,11H,2-3,8H2,1H3. The molecule has 0 heterocycles. The van der Waals surface area contributed by atoms with Crippen LogP contribution in [-0.2, 0) is 4.79 Å². The van der Waals surface area contributed by atoms with Crippen molar-refractivity contribution >= 4 is 11.6 Å². The van der Waals surface area contributed by atoms with Gasteiger partial charge in [-0.1, -0.05) is 0 Å². The van der Waals surface area contributed by atoms with Gasteiger partial charge in [-0.05, 0) is 44.0 Å². The molecule has 3 heteroatoms. The van der Waals surface area contributed by atoms with Gasteiger partial charge in [-0.15, -0.1) is 0 Å².